The van der Waals surface area contributed by atoms with E-state index in [9.17, 15) is 0 Å². The third-order valence-corrected chi connectivity index (χ3v) is 7.35. The number of rotatable bonds is 2. The lowest BCUT2D eigenvalue weighted by Gasteiger charge is -2.11. The highest BCUT2D eigenvalue weighted by Crippen LogP contribution is 2.35. The Hall–Kier alpha value is -5.02. The van der Waals surface area contributed by atoms with Crippen LogP contribution in [-0.2, 0) is 0 Å². The first-order chi connectivity index (χ1) is 18.3. The van der Waals surface area contributed by atoms with Crippen LogP contribution in [0.15, 0.2) is 127 Å². The molecule has 5 aromatic carbocycles. The fourth-order valence-corrected chi connectivity index (χ4v) is 5.57. The first kappa shape index (κ1) is 20.2. The van der Waals surface area contributed by atoms with E-state index in [2.05, 4.69) is 126 Å². The van der Waals surface area contributed by atoms with E-state index in [-0.39, 0.29) is 0 Å². The minimum Gasteiger partial charge on any atom is -0.292 e. The summed E-state index contributed by atoms with van der Waals surface area (Å²) in [5.74, 6) is 0. The molecule has 0 saturated carbocycles. The summed E-state index contributed by atoms with van der Waals surface area (Å²) in [6.07, 6.45) is 0. The number of fused-ring (bicyclic) bond motifs is 9. The van der Waals surface area contributed by atoms with Crippen molar-refractivity contribution in [3.63, 3.8) is 0 Å². The second-order valence-corrected chi connectivity index (χ2v) is 9.51. The summed E-state index contributed by atoms with van der Waals surface area (Å²) in [5.41, 5.74) is 8.44. The van der Waals surface area contributed by atoms with Crippen LogP contribution in [0.1, 0.15) is 0 Å². The molecule has 0 spiro atoms. The minimum atomic E-state index is 0.965. The predicted molar refractivity (Wildman–Crippen MR) is 154 cm³/mol. The number of aromatic nitrogens is 3. The van der Waals surface area contributed by atoms with Crippen molar-refractivity contribution in [2.24, 2.45) is 0 Å². The van der Waals surface area contributed by atoms with Crippen molar-refractivity contribution in [3.8, 4) is 22.5 Å². The van der Waals surface area contributed by atoms with Gasteiger partial charge in [-0.25, -0.2) is 9.97 Å². The molecule has 0 bridgehead atoms. The highest BCUT2D eigenvalue weighted by Gasteiger charge is 2.14. The first-order valence-corrected chi connectivity index (χ1v) is 12.5. The Morgan fingerprint density at radius 3 is 2.03 bits per heavy atom. The zero-order valence-electron chi connectivity index (χ0n) is 20.0. The third kappa shape index (κ3) is 3.08. The lowest BCUT2D eigenvalue weighted by Crippen LogP contribution is -1.93. The molecule has 172 valence electrons. The second-order valence-electron chi connectivity index (χ2n) is 9.51. The quantitative estimate of drug-likeness (QED) is 0.236. The number of hydrogen-bond acceptors (Lipinski definition) is 2. The first-order valence-electron chi connectivity index (χ1n) is 12.5. The van der Waals surface area contributed by atoms with Gasteiger partial charge < -0.3 is 0 Å². The van der Waals surface area contributed by atoms with E-state index in [0.29, 0.717) is 0 Å². The molecule has 8 aromatic rings. The lowest BCUT2D eigenvalue weighted by atomic mass is 10.0. The molecular formula is C34H21N3. The number of pyridine rings is 2. The van der Waals surface area contributed by atoms with Gasteiger partial charge in [0.25, 0.3) is 0 Å². The molecule has 0 aliphatic carbocycles. The molecule has 0 amide bonds. The van der Waals surface area contributed by atoms with E-state index in [4.69, 9.17) is 9.97 Å². The van der Waals surface area contributed by atoms with Gasteiger partial charge >= 0.3 is 0 Å². The summed E-state index contributed by atoms with van der Waals surface area (Å²) >= 11 is 0. The van der Waals surface area contributed by atoms with E-state index in [1.54, 1.807) is 0 Å². The van der Waals surface area contributed by atoms with Crippen molar-refractivity contribution in [2.45, 2.75) is 0 Å². The summed E-state index contributed by atoms with van der Waals surface area (Å²) in [7, 11) is 0. The number of imidazole rings is 1. The van der Waals surface area contributed by atoms with Gasteiger partial charge in [-0.2, -0.15) is 0 Å². The van der Waals surface area contributed by atoms with Crippen LogP contribution in [0, 0.1) is 0 Å². The lowest BCUT2D eigenvalue weighted by molar-refractivity contribution is 1.31. The zero-order chi connectivity index (χ0) is 24.3. The van der Waals surface area contributed by atoms with Crippen molar-refractivity contribution in [3.05, 3.63) is 127 Å². The molecule has 0 fully saturated rings. The highest BCUT2D eigenvalue weighted by molar-refractivity contribution is 6.14. The van der Waals surface area contributed by atoms with Gasteiger partial charge in [0.1, 0.15) is 5.65 Å². The Labute approximate surface area is 213 Å². The maximum Gasteiger partial charge on any atom is 0.146 e. The molecule has 3 aromatic heterocycles. The molecular weight excluding hydrogens is 450 g/mol. The van der Waals surface area contributed by atoms with Crippen molar-refractivity contribution in [2.75, 3.05) is 0 Å². The third-order valence-electron chi connectivity index (χ3n) is 7.35. The summed E-state index contributed by atoms with van der Waals surface area (Å²) < 4.78 is 2.29. The zero-order valence-corrected chi connectivity index (χ0v) is 20.0. The second kappa shape index (κ2) is 7.74. The van der Waals surface area contributed by atoms with E-state index in [1.165, 1.54) is 21.5 Å². The van der Waals surface area contributed by atoms with Crippen LogP contribution >= 0.6 is 0 Å². The van der Waals surface area contributed by atoms with Crippen molar-refractivity contribution in [1.82, 2.24) is 14.4 Å². The molecule has 0 aliphatic rings. The molecule has 0 aliphatic heterocycles. The molecule has 37 heavy (non-hydrogen) atoms. The maximum absolute atomic E-state index is 5.09. The van der Waals surface area contributed by atoms with Crippen LogP contribution in [0.5, 0.6) is 0 Å². The molecule has 3 heterocycles. The van der Waals surface area contributed by atoms with Gasteiger partial charge in [-0.3, -0.25) is 4.40 Å². The van der Waals surface area contributed by atoms with Crippen LogP contribution in [0.3, 0.4) is 0 Å². The fourth-order valence-electron chi connectivity index (χ4n) is 5.57. The van der Waals surface area contributed by atoms with E-state index in [0.717, 1.165) is 50.1 Å². The van der Waals surface area contributed by atoms with Crippen molar-refractivity contribution < 1.29 is 0 Å². The van der Waals surface area contributed by atoms with Gasteiger partial charge in [0.05, 0.1) is 27.9 Å². The van der Waals surface area contributed by atoms with Crippen LogP contribution in [0.2, 0.25) is 0 Å². The minimum absolute atomic E-state index is 0.965. The van der Waals surface area contributed by atoms with Gasteiger partial charge in [0, 0.05) is 21.9 Å². The average molecular weight is 472 g/mol. The number of nitrogens with zero attached hydrogens (tertiary/aromatic N) is 3. The molecule has 0 radical (unpaired) electrons. The largest absolute Gasteiger partial charge is 0.292 e. The SMILES string of the molecule is c1cc(-c2ccc3ccccc3c2)nc(-c2ccc3c(c2)c2ccccc2c2nc4ccccc4n32)c1. The van der Waals surface area contributed by atoms with Crippen LogP contribution in [-0.4, -0.2) is 14.4 Å². The van der Waals surface area contributed by atoms with E-state index in [1.807, 2.05) is 6.07 Å². The maximum atomic E-state index is 5.09. The van der Waals surface area contributed by atoms with E-state index < -0.39 is 0 Å². The number of hydrogen-bond donors (Lipinski definition) is 0. The Morgan fingerprint density at radius 1 is 0.432 bits per heavy atom. The Morgan fingerprint density at radius 2 is 1.14 bits per heavy atom. The van der Waals surface area contributed by atoms with E-state index >= 15 is 0 Å². The van der Waals surface area contributed by atoms with Crippen molar-refractivity contribution in [1.29, 1.82) is 0 Å². The van der Waals surface area contributed by atoms with Gasteiger partial charge in [-0.1, -0.05) is 84.9 Å². The molecule has 0 N–H and O–H groups in total. The summed E-state index contributed by atoms with van der Waals surface area (Å²) in [6.45, 7) is 0. The molecule has 3 nitrogen and oxygen atoms in total. The van der Waals surface area contributed by atoms with Crippen LogP contribution < -0.4 is 0 Å². The molecule has 8 rings (SSSR count). The number of benzene rings is 5. The van der Waals surface area contributed by atoms with Gasteiger partial charge in [0.2, 0.25) is 0 Å². The monoisotopic (exact) mass is 471 g/mol. The Bertz CT molecular complexity index is 2150. The predicted octanol–water partition coefficient (Wildman–Crippen LogP) is 8.68. The average Bonchev–Trinajstić information content (AvgIpc) is 3.37. The standard InChI is InChI=1S/C34H21N3/c1-2-9-23-20-24(17-16-22(23)8-1)29-13-7-14-30(35-29)25-18-19-32-28(21-25)26-10-3-4-11-27(26)34-36-31-12-5-6-15-33(31)37(32)34/h1-21H. The van der Waals surface area contributed by atoms with Gasteiger partial charge in [-0.15, -0.1) is 0 Å². The number of para-hydroxylation sites is 2. The van der Waals surface area contributed by atoms with Crippen LogP contribution in [0.25, 0.3) is 71.6 Å². The highest BCUT2D eigenvalue weighted by atomic mass is 15.0. The van der Waals surface area contributed by atoms with Gasteiger partial charge in [-0.05, 0) is 58.6 Å². The molecule has 0 atom stereocenters. The molecule has 0 saturated heterocycles. The Kier molecular flexibility index (Phi) is 4.23. The molecule has 3 heteroatoms. The fraction of sp³-hybridized carbons (Fsp3) is 0. The van der Waals surface area contributed by atoms with Gasteiger partial charge in [0.15, 0.2) is 0 Å². The Balaban J connectivity index is 1.36. The topological polar surface area (TPSA) is 30.2 Å². The normalized spacial score (nSPS) is 11.8. The smallest absolute Gasteiger partial charge is 0.146 e. The summed E-state index contributed by atoms with van der Waals surface area (Å²) in [5, 5.41) is 6.01. The molecule has 0 unspecified atom stereocenters. The summed E-state index contributed by atoms with van der Waals surface area (Å²) in [6, 6.07) is 44.8. The van der Waals surface area contributed by atoms with Crippen LogP contribution in [0.4, 0.5) is 0 Å². The summed E-state index contributed by atoms with van der Waals surface area (Å²) in [4.78, 5) is 10.1. The van der Waals surface area contributed by atoms with Crippen molar-refractivity contribution >= 4 is 49.1 Å².